The second-order valence-corrected chi connectivity index (χ2v) is 5.19. The molecular weight excluding hydrogens is 306 g/mol. The molecule has 0 aliphatic heterocycles. The Hall–Kier alpha value is -1.59. The van der Waals surface area contributed by atoms with E-state index in [1.54, 1.807) is 0 Å². The quantitative estimate of drug-likeness (QED) is 0.889. The third-order valence-corrected chi connectivity index (χ3v) is 3.18. The molecule has 2 rings (SSSR count). The smallest absolute Gasteiger partial charge is 0.244 e. The Morgan fingerprint density at radius 3 is 2.68 bits per heavy atom. The predicted molar refractivity (Wildman–Crippen MR) is 80.0 cm³/mol. The summed E-state index contributed by atoms with van der Waals surface area (Å²) >= 11 is 3.36. The second kappa shape index (κ2) is 6.54. The summed E-state index contributed by atoms with van der Waals surface area (Å²) in [5.74, 6) is -0.0334. The number of anilines is 1. The Morgan fingerprint density at radius 2 is 2.00 bits per heavy atom. The molecule has 0 fully saturated rings. The van der Waals surface area contributed by atoms with Crippen molar-refractivity contribution in [3.63, 3.8) is 0 Å². The van der Waals surface area contributed by atoms with Gasteiger partial charge in [-0.3, -0.25) is 4.79 Å². The van der Waals surface area contributed by atoms with Gasteiger partial charge in [0.05, 0.1) is 0 Å². The number of carbonyl (C=O) groups excluding carboxylic acids is 1. The third kappa shape index (κ3) is 4.22. The first kappa shape index (κ1) is 13.8. The molecule has 0 saturated heterocycles. The van der Waals surface area contributed by atoms with Gasteiger partial charge in [0.1, 0.15) is 6.54 Å². The average Bonchev–Trinajstić information content (AvgIpc) is 2.80. The molecule has 0 bridgehead atoms. The van der Waals surface area contributed by atoms with Crippen molar-refractivity contribution in [2.45, 2.75) is 13.1 Å². The second-order valence-electron chi connectivity index (χ2n) is 4.28. The molecular formula is C14H16BrN3O. The summed E-state index contributed by atoms with van der Waals surface area (Å²) in [6.07, 6.45) is 3.88. The van der Waals surface area contributed by atoms with Crippen LogP contribution in [0.25, 0.3) is 0 Å². The van der Waals surface area contributed by atoms with Gasteiger partial charge in [-0.2, -0.15) is 0 Å². The summed E-state index contributed by atoms with van der Waals surface area (Å²) in [6, 6.07) is 9.53. The lowest BCUT2D eigenvalue weighted by Gasteiger charge is -2.06. The Labute approximate surface area is 120 Å². The van der Waals surface area contributed by atoms with Gasteiger partial charge in [-0.25, -0.2) is 0 Å². The topological polar surface area (TPSA) is 46.1 Å². The van der Waals surface area contributed by atoms with Gasteiger partial charge in [0.25, 0.3) is 0 Å². The van der Waals surface area contributed by atoms with Crippen molar-refractivity contribution in [2.24, 2.45) is 0 Å². The first-order valence-electron chi connectivity index (χ1n) is 6.02. The Kier molecular flexibility index (Phi) is 4.76. The Balaban J connectivity index is 1.91. The van der Waals surface area contributed by atoms with Gasteiger partial charge in [0.15, 0.2) is 0 Å². The summed E-state index contributed by atoms with van der Waals surface area (Å²) in [4.78, 5) is 11.9. The van der Waals surface area contributed by atoms with Crippen molar-refractivity contribution in [1.29, 1.82) is 0 Å². The van der Waals surface area contributed by atoms with E-state index in [-0.39, 0.29) is 5.91 Å². The number of nitrogens with one attached hydrogen (secondary N) is 2. The minimum absolute atomic E-state index is 0.0334. The molecule has 0 atom stereocenters. The van der Waals surface area contributed by atoms with Gasteiger partial charge >= 0.3 is 0 Å². The zero-order chi connectivity index (χ0) is 13.7. The molecule has 0 spiro atoms. The SMILES string of the molecule is CNCc1ccn(CC(=O)Nc2ccc(Br)cc2)c1. The normalized spacial score (nSPS) is 10.4. The fourth-order valence-corrected chi connectivity index (χ4v) is 2.06. The average molecular weight is 322 g/mol. The molecule has 1 aromatic carbocycles. The van der Waals surface area contributed by atoms with Gasteiger partial charge in [-0.1, -0.05) is 15.9 Å². The fourth-order valence-electron chi connectivity index (χ4n) is 1.80. The number of halogens is 1. The summed E-state index contributed by atoms with van der Waals surface area (Å²) < 4.78 is 2.87. The van der Waals surface area contributed by atoms with E-state index in [0.717, 1.165) is 16.7 Å². The number of aromatic nitrogens is 1. The van der Waals surface area contributed by atoms with Crippen LogP contribution in [0.5, 0.6) is 0 Å². The molecule has 0 aliphatic rings. The van der Waals surface area contributed by atoms with Crippen molar-refractivity contribution in [2.75, 3.05) is 12.4 Å². The van der Waals surface area contributed by atoms with Gasteiger partial charge in [-0.15, -0.1) is 0 Å². The molecule has 19 heavy (non-hydrogen) atoms. The highest BCUT2D eigenvalue weighted by Crippen LogP contribution is 2.14. The number of nitrogens with zero attached hydrogens (tertiary/aromatic N) is 1. The minimum atomic E-state index is -0.0334. The molecule has 0 aliphatic carbocycles. The first-order valence-corrected chi connectivity index (χ1v) is 6.81. The number of hydrogen-bond donors (Lipinski definition) is 2. The van der Waals surface area contributed by atoms with E-state index in [0.29, 0.717) is 6.54 Å². The van der Waals surface area contributed by atoms with Crippen LogP contribution in [0.2, 0.25) is 0 Å². The van der Waals surface area contributed by atoms with Crippen molar-refractivity contribution in [3.05, 3.63) is 52.8 Å². The van der Waals surface area contributed by atoms with E-state index < -0.39 is 0 Å². The summed E-state index contributed by atoms with van der Waals surface area (Å²) in [5, 5.41) is 5.94. The highest BCUT2D eigenvalue weighted by atomic mass is 79.9. The van der Waals surface area contributed by atoms with Crippen LogP contribution in [0.4, 0.5) is 5.69 Å². The Morgan fingerprint density at radius 1 is 1.26 bits per heavy atom. The van der Waals surface area contributed by atoms with Crippen LogP contribution in [0.1, 0.15) is 5.56 Å². The lowest BCUT2D eigenvalue weighted by Crippen LogP contribution is -2.17. The molecule has 2 aromatic rings. The molecule has 100 valence electrons. The summed E-state index contributed by atoms with van der Waals surface area (Å²) in [5.41, 5.74) is 1.97. The van der Waals surface area contributed by atoms with E-state index in [9.17, 15) is 4.79 Å². The van der Waals surface area contributed by atoms with Gasteiger partial charge in [0.2, 0.25) is 5.91 Å². The molecule has 4 nitrogen and oxygen atoms in total. The van der Waals surface area contributed by atoms with E-state index in [1.807, 2.05) is 54.3 Å². The summed E-state index contributed by atoms with van der Waals surface area (Å²) in [7, 11) is 1.90. The van der Waals surface area contributed by atoms with Crippen LogP contribution >= 0.6 is 15.9 Å². The van der Waals surface area contributed by atoms with Crippen LogP contribution in [0.3, 0.4) is 0 Å². The van der Waals surface area contributed by atoms with E-state index in [2.05, 4.69) is 26.6 Å². The zero-order valence-corrected chi connectivity index (χ0v) is 12.3. The number of amides is 1. The first-order chi connectivity index (χ1) is 9.17. The fraction of sp³-hybridized carbons (Fsp3) is 0.214. The number of rotatable bonds is 5. The number of benzene rings is 1. The minimum Gasteiger partial charge on any atom is -0.345 e. The van der Waals surface area contributed by atoms with E-state index >= 15 is 0 Å². The predicted octanol–water partition coefficient (Wildman–Crippen LogP) is 2.61. The molecule has 5 heteroatoms. The molecule has 1 amide bonds. The molecule has 0 radical (unpaired) electrons. The Bertz CT molecular complexity index is 548. The highest BCUT2D eigenvalue weighted by Gasteiger charge is 2.04. The van der Waals surface area contributed by atoms with Crippen molar-refractivity contribution in [3.8, 4) is 0 Å². The highest BCUT2D eigenvalue weighted by molar-refractivity contribution is 9.10. The van der Waals surface area contributed by atoms with Crippen molar-refractivity contribution < 1.29 is 4.79 Å². The van der Waals surface area contributed by atoms with Crippen LogP contribution in [-0.2, 0) is 17.9 Å². The standard InChI is InChI=1S/C14H16BrN3O/c1-16-8-11-6-7-18(9-11)10-14(19)17-13-4-2-12(15)3-5-13/h2-7,9,16H,8,10H2,1H3,(H,17,19). The molecule has 0 saturated carbocycles. The van der Waals surface area contributed by atoms with E-state index in [4.69, 9.17) is 0 Å². The zero-order valence-electron chi connectivity index (χ0n) is 10.7. The molecule has 1 aromatic heterocycles. The lowest BCUT2D eigenvalue weighted by molar-refractivity contribution is -0.116. The van der Waals surface area contributed by atoms with E-state index in [1.165, 1.54) is 5.56 Å². The van der Waals surface area contributed by atoms with Gasteiger partial charge < -0.3 is 15.2 Å². The largest absolute Gasteiger partial charge is 0.345 e. The van der Waals surface area contributed by atoms with Gasteiger partial charge in [-0.05, 0) is 42.9 Å². The van der Waals surface area contributed by atoms with Crippen molar-refractivity contribution in [1.82, 2.24) is 9.88 Å². The maximum absolute atomic E-state index is 11.9. The van der Waals surface area contributed by atoms with Crippen molar-refractivity contribution >= 4 is 27.5 Å². The maximum Gasteiger partial charge on any atom is 0.244 e. The summed E-state index contributed by atoms with van der Waals surface area (Å²) in [6.45, 7) is 1.13. The number of hydrogen-bond acceptors (Lipinski definition) is 2. The van der Waals surface area contributed by atoms with Crippen LogP contribution in [-0.4, -0.2) is 17.5 Å². The van der Waals surface area contributed by atoms with Crippen LogP contribution in [0.15, 0.2) is 47.2 Å². The third-order valence-electron chi connectivity index (χ3n) is 2.65. The van der Waals surface area contributed by atoms with Gasteiger partial charge in [0, 0.05) is 29.1 Å². The molecule has 1 heterocycles. The number of carbonyl (C=O) groups is 1. The van der Waals surface area contributed by atoms with Crippen LogP contribution in [0, 0.1) is 0 Å². The maximum atomic E-state index is 11.9. The molecule has 2 N–H and O–H groups in total. The van der Waals surface area contributed by atoms with Crippen LogP contribution < -0.4 is 10.6 Å². The molecule has 0 unspecified atom stereocenters. The lowest BCUT2D eigenvalue weighted by atomic mass is 10.3. The monoisotopic (exact) mass is 321 g/mol.